The van der Waals surface area contributed by atoms with E-state index in [4.69, 9.17) is 0 Å². The van der Waals surface area contributed by atoms with Gasteiger partial charge in [-0.15, -0.1) is 0 Å². The van der Waals surface area contributed by atoms with Gasteiger partial charge < -0.3 is 24.8 Å². The quantitative estimate of drug-likeness (QED) is 0.179. The molecule has 0 aliphatic heterocycles. The first-order chi connectivity index (χ1) is 27.0. The minimum atomic E-state index is -4.63. The van der Waals surface area contributed by atoms with Crippen LogP contribution in [-0.2, 0) is 44.4 Å². The summed E-state index contributed by atoms with van der Waals surface area (Å²) < 4.78 is 89.2. The van der Waals surface area contributed by atoms with E-state index >= 15 is 0 Å². The second-order valence-electron chi connectivity index (χ2n) is 19.1. The SMILES string of the molecule is CC1=CCC(C)(C)c2cc3c(cc21)-c1cc2c(cc1[CH]3[Zr+2]([C]1=CC(C(C)(C)C)=CC1)=[C](c1cccc(C(F)(F)F)c1)c1cccc(C(F)(F)F)c1)C(C)(C)CC=C2C.[Cl-].[Cl-]. The fourth-order valence-corrected chi connectivity index (χ4v) is 18.6. The predicted molar refractivity (Wildman–Crippen MR) is 223 cm³/mol. The molecule has 0 saturated heterocycles. The molecule has 0 bridgehead atoms. The Morgan fingerprint density at radius 2 is 1.03 bits per heavy atom. The van der Waals surface area contributed by atoms with E-state index in [1.807, 2.05) is 0 Å². The van der Waals surface area contributed by atoms with Gasteiger partial charge in [-0.25, -0.2) is 0 Å². The summed E-state index contributed by atoms with van der Waals surface area (Å²) >= 11 is -3.81. The maximum atomic E-state index is 14.6. The Kier molecular flexibility index (Phi) is 12.2. The van der Waals surface area contributed by atoms with Gasteiger partial charge in [-0.05, 0) is 0 Å². The van der Waals surface area contributed by atoms with Gasteiger partial charge in [-0.2, -0.15) is 0 Å². The number of halogens is 8. The maximum Gasteiger partial charge on any atom is -1.00 e. The van der Waals surface area contributed by atoms with Crippen LogP contribution in [0.1, 0.15) is 141 Å². The summed E-state index contributed by atoms with van der Waals surface area (Å²) in [6.07, 6.45) is 2.20. The molecule has 4 aliphatic rings. The molecule has 0 saturated carbocycles. The molecule has 0 aromatic heterocycles. The van der Waals surface area contributed by atoms with E-state index in [1.165, 1.54) is 60.9 Å². The molecule has 60 heavy (non-hydrogen) atoms. The number of allylic oxidation sites excluding steroid dienone is 8. The molecule has 4 aliphatic carbocycles. The summed E-state index contributed by atoms with van der Waals surface area (Å²) in [5.74, 6) is 0. The molecule has 0 unspecified atom stereocenters. The molecule has 4 aromatic rings. The molecule has 0 heterocycles. The van der Waals surface area contributed by atoms with Gasteiger partial charge in [0.2, 0.25) is 0 Å². The Bertz CT molecular complexity index is 2420. The van der Waals surface area contributed by atoms with Crippen molar-refractivity contribution in [3.63, 3.8) is 0 Å². The molecule has 0 N–H and O–H groups in total. The van der Waals surface area contributed by atoms with E-state index in [2.05, 4.69) is 111 Å². The third kappa shape index (κ3) is 8.10. The van der Waals surface area contributed by atoms with Crippen LogP contribution in [0.3, 0.4) is 0 Å². The third-order valence-corrected chi connectivity index (χ3v) is 21.3. The van der Waals surface area contributed by atoms with Gasteiger partial charge in [0.05, 0.1) is 0 Å². The summed E-state index contributed by atoms with van der Waals surface area (Å²) in [5, 5.41) is 0. The third-order valence-electron chi connectivity index (χ3n) is 13.0. The van der Waals surface area contributed by atoms with E-state index < -0.39 is 44.7 Å². The Balaban J connectivity index is 0.00000302. The topological polar surface area (TPSA) is 0 Å². The molecular formula is C51H50Cl2F6Zr. The van der Waals surface area contributed by atoms with Gasteiger partial charge >= 0.3 is 348 Å². The first kappa shape index (κ1) is 46.3. The minimum Gasteiger partial charge on any atom is -1.00 e. The van der Waals surface area contributed by atoms with Gasteiger partial charge in [0.1, 0.15) is 0 Å². The van der Waals surface area contributed by atoms with Gasteiger partial charge in [0.25, 0.3) is 0 Å². The van der Waals surface area contributed by atoms with Gasteiger partial charge in [0.15, 0.2) is 0 Å². The monoisotopic (exact) mass is 936 g/mol. The minimum absolute atomic E-state index is 0. The van der Waals surface area contributed by atoms with Crippen LogP contribution in [0.2, 0.25) is 0 Å². The zero-order chi connectivity index (χ0) is 41.9. The second kappa shape index (κ2) is 15.8. The Morgan fingerprint density at radius 3 is 1.42 bits per heavy atom. The molecular weight excluding hydrogens is 889 g/mol. The summed E-state index contributed by atoms with van der Waals surface area (Å²) in [7, 11) is 0. The molecule has 0 atom stereocenters. The average Bonchev–Trinajstić information content (AvgIpc) is 3.76. The van der Waals surface area contributed by atoms with Crippen molar-refractivity contribution in [2.45, 2.75) is 108 Å². The first-order valence-electron chi connectivity index (χ1n) is 20.2. The van der Waals surface area contributed by atoms with Gasteiger partial charge in [0, 0.05) is 0 Å². The van der Waals surface area contributed by atoms with Gasteiger partial charge in [-0.1, -0.05) is 0 Å². The van der Waals surface area contributed by atoms with Crippen LogP contribution in [0.4, 0.5) is 26.3 Å². The average molecular weight is 939 g/mol. The van der Waals surface area contributed by atoms with E-state index in [0.717, 1.165) is 52.8 Å². The van der Waals surface area contributed by atoms with Crippen molar-refractivity contribution in [1.82, 2.24) is 0 Å². The van der Waals surface area contributed by atoms with Crippen LogP contribution < -0.4 is 24.8 Å². The standard InChI is InChI=1S/C27H29.C15H8F6.C9H13.2ClH.Zr/c1-16-7-9-26(3,4)24-12-18-11-19-13-25-21(17(2)8-10-27(25,5)6)15-23(19)22(18)14-20(16)24;16-14(17,18)12-5-1-3-10(8-12)7-11-4-2-6-13(9-11)15(19,20)21;1-9(2,3)8-6-4-5-7-8;;;/h7-8,11-15H,9-10H2,1-6H3;1-6,8-9H;6-7H,4H2,1-3H3;2*1H;/q;;;;;+2/p-2. The van der Waals surface area contributed by atoms with E-state index in [9.17, 15) is 26.3 Å². The van der Waals surface area contributed by atoms with Crippen LogP contribution in [0.15, 0.2) is 106 Å². The smallest absolute Gasteiger partial charge is 1.00 e. The van der Waals surface area contributed by atoms with Gasteiger partial charge in [-0.3, -0.25) is 0 Å². The Labute approximate surface area is 370 Å². The molecule has 0 spiro atoms. The zero-order valence-corrected chi connectivity index (χ0v) is 39.4. The number of rotatable bonds is 4. The van der Waals surface area contributed by atoms with Crippen LogP contribution in [-0.4, -0.2) is 3.21 Å². The fourth-order valence-electron chi connectivity index (χ4n) is 9.59. The van der Waals surface area contributed by atoms with Crippen LogP contribution in [0.25, 0.3) is 22.3 Å². The summed E-state index contributed by atoms with van der Waals surface area (Å²) in [5.41, 5.74) is 11.5. The molecule has 0 radical (unpaired) electrons. The fraction of sp³-hybridized carbons (Fsp3) is 0.353. The molecule has 9 heteroatoms. The number of benzene rings is 4. The normalized spacial score (nSPS) is 17.6. The zero-order valence-electron chi connectivity index (χ0n) is 35.5. The number of fused-ring (bicyclic) bond motifs is 5. The maximum absolute atomic E-state index is 14.6. The Hall–Kier alpha value is -3.25. The van der Waals surface area contributed by atoms with E-state index in [1.54, 1.807) is 12.1 Å². The van der Waals surface area contributed by atoms with Crippen molar-refractivity contribution in [3.8, 4) is 11.1 Å². The summed E-state index contributed by atoms with van der Waals surface area (Å²) in [4.78, 5) is 0. The van der Waals surface area contributed by atoms with Crippen molar-refractivity contribution in [2.24, 2.45) is 5.41 Å². The van der Waals surface area contributed by atoms with Crippen molar-refractivity contribution in [2.75, 3.05) is 0 Å². The van der Waals surface area contributed by atoms with Crippen molar-refractivity contribution < 1.29 is 72.4 Å². The largest absolute Gasteiger partial charge is 1.00 e. The molecule has 0 fully saturated rings. The van der Waals surface area contributed by atoms with Crippen molar-refractivity contribution >= 4 is 14.4 Å². The van der Waals surface area contributed by atoms with E-state index in [0.29, 0.717) is 20.8 Å². The summed E-state index contributed by atoms with van der Waals surface area (Å²) in [6, 6.07) is 20.1. The molecule has 314 valence electrons. The molecule has 4 aromatic carbocycles. The van der Waals surface area contributed by atoms with Crippen LogP contribution >= 0.6 is 0 Å². The van der Waals surface area contributed by atoms with Crippen molar-refractivity contribution in [3.05, 3.63) is 162 Å². The molecule has 0 nitrogen and oxygen atoms in total. The summed E-state index contributed by atoms with van der Waals surface area (Å²) in [6.45, 7) is 19.8. The number of hydrogen-bond acceptors (Lipinski definition) is 0. The Morgan fingerprint density at radius 1 is 0.600 bits per heavy atom. The number of hydrogen-bond donors (Lipinski definition) is 0. The first-order valence-corrected chi connectivity index (χ1v) is 24.1. The molecule has 0 amide bonds. The number of alkyl halides is 6. The molecule has 8 rings (SSSR count). The van der Waals surface area contributed by atoms with Crippen molar-refractivity contribution in [1.29, 1.82) is 0 Å². The second-order valence-corrected chi connectivity index (χ2v) is 25.3. The predicted octanol–water partition coefficient (Wildman–Crippen LogP) is 9.12. The van der Waals surface area contributed by atoms with Crippen LogP contribution in [0.5, 0.6) is 0 Å². The van der Waals surface area contributed by atoms with E-state index in [-0.39, 0.29) is 44.7 Å². The van der Waals surface area contributed by atoms with Crippen LogP contribution in [0, 0.1) is 5.41 Å².